The van der Waals surface area contributed by atoms with E-state index in [-0.39, 0.29) is 5.91 Å². The number of rotatable bonds is 3. The zero-order chi connectivity index (χ0) is 17.3. The molecule has 1 atom stereocenters. The van der Waals surface area contributed by atoms with Gasteiger partial charge in [0.25, 0.3) is 5.91 Å². The fourth-order valence-corrected chi connectivity index (χ4v) is 2.84. The molecule has 0 unspecified atom stereocenters. The summed E-state index contributed by atoms with van der Waals surface area (Å²) in [5, 5.41) is 9.71. The molecule has 8 nitrogen and oxygen atoms in total. The van der Waals surface area contributed by atoms with Crippen LogP contribution in [0.15, 0.2) is 24.4 Å². The molecule has 0 aromatic carbocycles. The number of hydrogen-bond donors (Lipinski definition) is 2. The first-order chi connectivity index (χ1) is 11.4. The number of carbonyl (C=O) groups is 2. The van der Waals surface area contributed by atoms with Crippen molar-refractivity contribution >= 4 is 23.4 Å². The summed E-state index contributed by atoms with van der Waals surface area (Å²) in [4.78, 5) is 30.4. The first-order valence-corrected chi connectivity index (χ1v) is 7.76. The minimum Gasteiger partial charge on any atom is -0.326 e. The van der Waals surface area contributed by atoms with E-state index in [0.717, 1.165) is 17.2 Å². The van der Waals surface area contributed by atoms with Crippen molar-refractivity contribution < 1.29 is 9.59 Å². The van der Waals surface area contributed by atoms with Gasteiger partial charge in [0, 0.05) is 37.2 Å². The second kappa shape index (κ2) is 6.31. The van der Waals surface area contributed by atoms with Crippen molar-refractivity contribution in [2.24, 2.45) is 7.05 Å². The van der Waals surface area contributed by atoms with Gasteiger partial charge in [-0.2, -0.15) is 5.10 Å². The molecular weight excluding hydrogens is 308 g/mol. The average molecular weight is 328 g/mol. The van der Waals surface area contributed by atoms with Gasteiger partial charge in [0.15, 0.2) is 0 Å². The lowest BCUT2D eigenvalue weighted by atomic mass is 10.2. The third kappa shape index (κ3) is 3.22. The first-order valence-electron chi connectivity index (χ1n) is 7.76. The van der Waals surface area contributed by atoms with E-state index in [2.05, 4.69) is 20.7 Å². The molecule has 0 spiro atoms. The molecule has 0 saturated carbocycles. The molecule has 2 aromatic rings. The summed E-state index contributed by atoms with van der Waals surface area (Å²) in [6.45, 7) is 4.28. The van der Waals surface area contributed by atoms with Gasteiger partial charge in [0.05, 0.1) is 5.69 Å². The van der Waals surface area contributed by atoms with E-state index in [4.69, 9.17) is 0 Å². The van der Waals surface area contributed by atoms with Gasteiger partial charge in [-0.05, 0) is 32.4 Å². The molecule has 2 N–H and O–H groups in total. The van der Waals surface area contributed by atoms with Crippen molar-refractivity contribution in [3.8, 4) is 0 Å². The van der Waals surface area contributed by atoms with Gasteiger partial charge in [0.1, 0.15) is 11.9 Å². The Morgan fingerprint density at radius 1 is 1.29 bits per heavy atom. The minimum absolute atomic E-state index is 0.126. The number of nitrogens with one attached hydrogen (secondary N) is 2. The van der Waals surface area contributed by atoms with Gasteiger partial charge in [-0.15, -0.1) is 0 Å². The van der Waals surface area contributed by atoms with E-state index in [1.54, 1.807) is 35.0 Å². The maximum absolute atomic E-state index is 12.5. The lowest BCUT2D eigenvalue weighted by Crippen LogP contribution is -2.43. The smallest absolute Gasteiger partial charge is 0.319 e. The molecule has 0 radical (unpaired) electrons. The van der Waals surface area contributed by atoms with Crippen molar-refractivity contribution in [3.05, 3.63) is 35.8 Å². The van der Waals surface area contributed by atoms with E-state index < -0.39 is 12.1 Å². The molecule has 3 heterocycles. The van der Waals surface area contributed by atoms with Crippen LogP contribution in [0.25, 0.3) is 0 Å². The molecule has 2 aromatic heterocycles. The summed E-state index contributed by atoms with van der Waals surface area (Å²) < 4.78 is 1.68. The van der Waals surface area contributed by atoms with Crippen LogP contribution < -0.4 is 15.5 Å². The quantitative estimate of drug-likeness (QED) is 0.890. The molecule has 24 heavy (non-hydrogen) atoms. The third-order valence-corrected chi connectivity index (χ3v) is 3.92. The van der Waals surface area contributed by atoms with Crippen LogP contribution in [0.2, 0.25) is 0 Å². The number of anilines is 2. The molecule has 1 aliphatic heterocycles. The molecule has 0 aliphatic carbocycles. The van der Waals surface area contributed by atoms with Gasteiger partial charge < -0.3 is 10.6 Å². The highest BCUT2D eigenvalue weighted by Gasteiger charge is 2.35. The SMILES string of the molecule is Cc1cc(NC(=O)N[C@H]2CCN(c3cc(C)nn3C)C2=O)ccn1. The topological polar surface area (TPSA) is 92.2 Å². The van der Waals surface area contributed by atoms with Crippen molar-refractivity contribution in [2.45, 2.75) is 26.3 Å². The van der Waals surface area contributed by atoms with Crippen LogP contribution in [-0.4, -0.2) is 39.3 Å². The normalized spacial score (nSPS) is 17.2. The van der Waals surface area contributed by atoms with Crippen molar-refractivity contribution in [1.82, 2.24) is 20.1 Å². The maximum Gasteiger partial charge on any atom is 0.319 e. The summed E-state index contributed by atoms with van der Waals surface area (Å²) in [5.41, 5.74) is 2.30. The first kappa shape index (κ1) is 16.0. The average Bonchev–Trinajstić information content (AvgIpc) is 3.02. The molecule has 8 heteroatoms. The molecule has 1 fully saturated rings. The van der Waals surface area contributed by atoms with E-state index in [9.17, 15) is 9.59 Å². The van der Waals surface area contributed by atoms with Crippen molar-refractivity contribution in [3.63, 3.8) is 0 Å². The minimum atomic E-state index is -0.539. The summed E-state index contributed by atoms with van der Waals surface area (Å²) >= 11 is 0. The van der Waals surface area contributed by atoms with Crippen LogP contribution in [0.5, 0.6) is 0 Å². The monoisotopic (exact) mass is 328 g/mol. The molecule has 3 amide bonds. The number of urea groups is 1. The number of aryl methyl sites for hydroxylation is 3. The largest absolute Gasteiger partial charge is 0.326 e. The van der Waals surface area contributed by atoms with Crippen LogP contribution in [0.1, 0.15) is 17.8 Å². The number of hydrogen-bond acceptors (Lipinski definition) is 4. The summed E-state index contributed by atoms with van der Waals surface area (Å²) in [5.74, 6) is 0.617. The van der Waals surface area contributed by atoms with Crippen LogP contribution in [0.3, 0.4) is 0 Å². The van der Waals surface area contributed by atoms with Crippen molar-refractivity contribution in [2.75, 3.05) is 16.8 Å². The Bertz CT molecular complexity index is 785. The Morgan fingerprint density at radius 2 is 2.08 bits per heavy atom. The van der Waals surface area contributed by atoms with Crippen LogP contribution >= 0.6 is 0 Å². The predicted octanol–water partition coefficient (Wildman–Crippen LogP) is 1.36. The fourth-order valence-electron chi connectivity index (χ4n) is 2.84. The van der Waals surface area contributed by atoms with Crippen LogP contribution in [0, 0.1) is 13.8 Å². The van der Waals surface area contributed by atoms with Gasteiger partial charge in [-0.1, -0.05) is 0 Å². The van der Waals surface area contributed by atoms with Gasteiger partial charge in [0.2, 0.25) is 0 Å². The highest BCUT2D eigenvalue weighted by molar-refractivity contribution is 6.02. The third-order valence-electron chi connectivity index (χ3n) is 3.92. The number of nitrogens with zero attached hydrogens (tertiary/aromatic N) is 4. The molecule has 0 bridgehead atoms. The van der Waals surface area contributed by atoms with Crippen LogP contribution in [0.4, 0.5) is 16.3 Å². The summed E-state index contributed by atoms with van der Waals surface area (Å²) in [7, 11) is 1.80. The highest BCUT2D eigenvalue weighted by Crippen LogP contribution is 2.22. The maximum atomic E-state index is 12.5. The fraction of sp³-hybridized carbons (Fsp3) is 0.375. The van der Waals surface area contributed by atoms with Gasteiger partial charge in [-0.25, -0.2) is 4.79 Å². The highest BCUT2D eigenvalue weighted by atomic mass is 16.2. The molecule has 1 aliphatic rings. The summed E-state index contributed by atoms with van der Waals surface area (Å²) in [6, 6.07) is 4.39. The second-order valence-electron chi connectivity index (χ2n) is 5.88. The Kier molecular flexibility index (Phi) is 4.20. The molecule has 126 valence electrons. The lowest BCUT2D eigenvalue weighted by Gasteiger charge is -2.17. The Labute approximate surface area is 139 Å². The van der Waals surface area contributed by atoms with Gasteiger partial charge in [-0.3, -0.25) is 19.4 Å². The number of aromatic nitrogens is 3. The number of amides is 3. The van der Waals surface area contributed by atoms with E-state index >= 15 is 0 Å². The molecule has 1 saturated heterocycles. The molecule has 3 rings (SSSR count). The lowest BCUT2D eigenvalue weighted by molar-refractivity contribution is -0.118. The standard InChI is InChI=1S/C16H20N6O2/c1-10-8-12(4-6-17-10)18-16(24)19-13-5-7-22(15(13)23)14-9-11(2)20-21(14)3/h4,6,8-9,13H,5,7H2,1-3H3,(H2,17,18,19,24)/t13-/m0/s1. The Hall–Kier alpha value is -2.90. The zero-order valence-electron chi connectivity index (χ0n) is 13.9. The Morgan fingerprint density at radius 3 is 2.75 bits per heavy atom. The van der Waals surface area contributed by atoms with Crippen molar-refractivity contribution in [1.29, 1.82) is 0 Å². The summed E-state index contributed by atoms with van der Waals surface area (Å²) in [6.07, 6.45) is 2.18. The van der Waals surface area contributed by atoms with Crippen LogP contribution in [-0.2, 0) is 11.8 Å². The van der Waals surface area contributed by atoms with E-state index in [1.807, 2.05) is 19.9 Å². The second-order valence-corrected chi connectivity index (χ2v) is 5.88. The van der Waals surface area contributed by atoms with E-state index in [1.165, 1.54) is 0 Å². The van der Waals surface area contributed by atoms with E-state index in [0.29, 0.717) is 18.7 Å². The van der Waals surface area contributed by atoms with Gasteiger partial charge >= 0.3 is 6.03 Å². The number of pyridine rings is 1. The number of carbonyl (C=O) groups excluding carboxylic acids is 2. The Balaban J connectivity index is 1.63. The zero-order valence-corrected chi connectivity index (χ0v) is 13.9. The molecular formula is C16H20N6O2. The predicted molar refractivity (Wildman–Crippen MR) is 89.8 cm³/mol.